The molecule has 2 heterocycles. The number of likely N-dealkylation sites (tertiary alicyclic amines) is 1. The van der Waals surface area contributed by atoms with Crippen molar-refractivity contribution in [1.82, 2.24) is 9.80 Å². The standard InChI is InChI=1S/C26H31N3O4/c1-27(2)21-11-9-19(10-12-21)23-22(24(30)20-7-4-3-5-8-20)25(31)26(32)29(23)14-6-13-28-15-17-33-18-16-28/h3-5,7-12,23,30H,6,13-18H2,1-2H3/t23-/m1/s1. The number of Topliss-reactive ketones (excluding diaryl/α,β-unsaturated/α-hetero) is 1. The molecule has 33 heavy (non-hydrogen) atoms. The smallest absolute Gasteiger partial charge is 0.295 e. The second kappa shape index (κ2) is 10.2. The highest BCUT2D eigenvalue weighted by Gasteiger charge is 2.45. The minimum absolute atomic E-state index is 0.133. The molecule has 0 unspecified atom stereocenters. The maximum absolute atomic E-state index is 13.1. The molecule has 2 aromatic rings. The monoisotopic (exact) mass is 449 g/mol. The van der Waals surface area contributed by atoms with E-state index in [4.69, 9.17) is 4.74 Å². The second-order valence-electron chi connectivity index (χ2n) is 8.65. The topological polar surface area (TPSA) is 73.3 Å². The lowest BCUT2D eigenvalue weighted by Crippen LogP contribution is -2.38. The van der Waals surface area contributed by atoms with E-state index in [1.165, 1.54) is 0 Å². The Hall–Kier alpha value is -3.16. The Bertz CT molecular complexity index is 1010. The van der Waals surface area contributed by atoms with Crippen molar-refractivity contribution >= 4 is 23.1 Å². The molecule has 1 atom stereocenters. The fourth-order valence-corrected chi connectivity index (χ4v) is 4.45. The predicted molar refractivity (Wildman–Crippen MR) is 128 cm³/mol. The number of carbonyl (C=O) groups excluding carboxylic acids is 2. The Morgan fingerprint density at radius 2 is 1.67 bits per heavy atom. The number of ether oxygens (including phenoxy) is 1. The van der Waals surface area contributed by atoms with Crippen LogP contribution in [-0.2, 0) is 14.3 Å². The number of aliphatic hydroxyl groups excluding tert-OH is 1. The Labute approximate surface area is 194 Å². The van der Waals surface area contributed by atoms with Crippen molar-refractivity contribution in [3.8, 4) is 0 Å². The minimum Gasteiger partial charge on any atom is -0.507 e. The van der Waals surface area contributed by atoms with Crippen molar-refractivity contribution in [2.24, 2.45) is 0 Å². The van der Waals surface area contributed by atoms with Crippen molar-refractivity contribution in [1.29, 1.82) is 0 Å². The third kappa shape index (κ3) is 4.94. The van der Waals surface area contributed by atoms with Crippen molar-refractivity contribution in [2.45, 2.75) is 12.5 Å². The van der Waals surface area contributed by atoms with Gasteiger partial charge in [0.05, 0.1) is 24.8 Å². The highest BCUT2D eigenvalue weighted by atomic mass is 16.5. The highest BCUT2D eigenvalue weighted by Crippen LogP contribution is 2.39. The van der Waals surface area contributed by atoms with Gasteiger partial charge < -0.3 is 19.6 Å². The molecule has 0 saturated carbocycles. The van der Waals surface area contributed by atoms with Gasteiger partial charge in [0.25, 0.3) is 11.7 Å². The number of rotatable bonds is 7. The van der Waals surface area contributed by atoms with Crippen LogP contribution in [0.5, 0.6) is 0 Å². The largest absolute Gasteiger partial charge is 0.507 e. The number of morpholine rings is 1. The first-order valence-electron chi connectivity index (χ1n) is 11.4. The Balaban J connectivity index is 1.66. The van der Waals surface area contributed by atoms with Gasteiger partial charge in [0.2, 0.25) is 0 Å². The first-order chi connectivity index (χ1) is 16.0. The van der Waals surface area contributed by atoms with E-state index in [1.54, 1.807) is 29.2 Å². The van der Waals surface area contributed by atoms with Crippen LogP contribution in [0.2, 0.25) is 0 Å². The fourth-order valence-electron chi connectivity index (χ4n) is 4.45. The number of anilines is 1. The zero-order valence-electron chi connectivity index (χ0n) is 19.2. The van der Waals surface area contributed by atoms with Crippen LogP contribution < -0.4 is 4.90 Å². The normalized spacial score (nSPS) is 20.9. The molecular weight excluding hydrogens is 418 g/mol. The summed E-state index contributed by atoms with van der Waals surface area (Å²) in [4.78, 5) is 32.1. The van der Waals surface area contributed by atoms with Gasteiger partial charge in [-0.1, -0.05) is 42.5 Å². The minimum atomic E-state index is -0.635. The van der Waals surface area contributed by atoms with Gasteiger partial charge in [0.1, 0.15) is 5.76 Å². The number of benzene rings is 2. The van der Waals surface area contributed by atoms with E-state index >= 15 is 0 Å². The molecule has 2 aromatic carbocycles. The van der Waals surface area contributed by atoms with E-state index in [2.05, 4.69) is 4.90 Å². The molecule has 174 valence electrons. The van der Waals surface area contributed by atoms with Gasteiger partial charge >= 0.3 is 0 Å². The number of nitrogens with zero attached hydrogens (tertiary/aromatic N) is 3. The molecule has 1 amide bonds. The van der Waals surface area contributed by atoms with Crippen molar-refractivity contribution < 1.29 is 19.4 Å². The van der Waals surface area contributed by atoms with Crippen LogP contribution in [0, 0.1) is 0 Å². The van der Waals surface area contributed by atoms with Crippen molar-refractivity contribution in [3.05, 3.63) is 71.3 Å². The molecule has 7 heteroatoms. The van der Waals surface area contributed by atoms with Crippen molar-refractivity contribution in [2.75, 3.05) is 58.4 Å². The summed E-state index contributed by atoms with van der Waals surface area (Å²) >= 11 is 0. The van der Waals surface area contributed by atoms with Gasteiger partial charge in [-0.05, 0) is 24.1 Å². The summed E-state index contributed by atoms with van der Waals surface area (Å²) in [6.45, 7) is 4.47. The van der Waals surface area contributed by atoms with Gasteiger partial charge in [-0.25, -0.2) is 0 Å². The van der Waals surface area contributed by atoms with Gasteiger partial charge in [-0.2, -0.15) is 0 Å². The quantitative estimate of drug-likeness (QED) is 0.398. The second-order valence-corrected chi connectivity index (χ2v) is 8.65. The fraction of sp³-hybridized carbons (Fsp3) is 0.385. The van der Waals surface area contributed by atoms with E-state index in [1.807, 2.05) is 49.3 Å². The zero-order valence-corrected chi connectivity index (χ0v) is 19.2. The first kappa shape index (κ1) is 23.0. The van der Waals surface area contributed by atoms with Crippen LogP contribution in [0.1, 0.15) is 23.6 Å². The van der Waals surface area contributed by atoms with E-state index in [0.717, 1.165) is 50.5 Å². The molecule has 2 aliphatic heterocycles. The molecule has 0 spiro atoms. The molecular formula is C26H31N3O4. The van der Waals surface area contributed by atoms with Gasteiger partial charge in [0, 0.05) is 51.5 Å². The molecule has 1 N–H and O–H groups in total. The van der Waals surface area contributed by atoms with Crippen LogP contribution in [0.25, 0.3) is 5.76 Å². The molecule has 0 radical (unpaired) electrons. The average molecular weight is 450 g/mol. The lowest BCUT2D eigenvalue weighted by molar-refractivity contribution is -0.140. The number of amides is 1. The third-order valence-electron chi connectivity index (χ3n) is 6.29. The van der Waals surface area contributed by atoms with Crippen LogP contribution in [0.15, 0.2) is 60.2 Å². The predicted octanol–water partition coefficient (Wildman–Crippen LogP) is 2.90. The summed E-state index contributed by atoms with van der Waals surface area (Å²) in [6.07, 6.45) is 0.741. The van der Waals surface area contributed by atoms with E-state index in [0.29, 0.717) is 12.1 Å². The van der Waals surface area contributed by atoms with E-state index in [-0.39, 0.29) is 11.3 Å². The third-order valence-corrected chi connectivity index (χ3v) is 6.29. The Morgan fingerprint density at radius 1 is 1.00 bits per heavy atom. The average Bonchev–Trinajstić information content (AvgIpc) is 3.10. The summed E-state index contributed by atoms with van der Waals surface area (Å²) in [6, 6.07) is 16.1. The Kier molecular flexibility index (Phi) is 7.11. The molecule has 4 rings (SSSR count). The molecule has 2 aliphatic rings. The Morgan fingerprint density at radius 3 is 2.30 bits per heavy atom. The number of hydrogen-bond donors (Lipinski definition) is 1. The lowest BCUT2D eigenvalue weighted by atomic mass is 9.95. The summed E-state index contributed by atoms with van der Waals surface area (Å²) in [7, 11) is 3.92. The number of carbonyl (C=O) groups is 2. The summed E-state index contributed by atoms with van der Waals surface area (Å²) < 4.78 is 5.41. The van der Waals surface area contributed by atoms with Gasteiger partial charge in [-0.3, -0.25) is 14.5 Å². The maximum Gasteiger partial charge on any atom is 0.295 e. The van der Waals surface area contributed by atoms with Gasteiger partial charge in [0.15, 0.2) is 0 Å². The summed E-state index contributed by atoms with van der Waals surface area (Å²) in [5.74, 6) is -1.33. The van der Waals surface area contributed by atoms with Gasteiger partial charge in [-0.15, -0.1) is 0 Å². The van der Waals surface area contributed by atoms with Crippen LogP contribution in [-0.4, -0.2) is 80.1 Å². The van der Waals surface area contributed by atoms with Crippen molar-refractivity contribution in [3.63, 3.8) is 0 Å². The molecule has 0 aliphatic carbocycles. The summed E-state index contributed by atoms with van der Waals surface area (Å²) in [5, 5.41) is 11.1. The van der Waals surface area contributed by atoms with Crippen LogP contribution in [0.4, 0.5) is 5.69 Å². The first-order valence-corrected chi connectivity index (χ1v) is 11.4. The number of ketones is 1. The zero-order chi connectivity index (χ0) is 23.4. The summed E-state index contributed by atoms with van der Waals surface area (Å²) in [5.41, 5.74) is 2.50. The number of hydrogen-bond acceptors (Lipinski definition) is 6. The lowest BCUT2D eigenvalue weighted by Gasteiger charge is -2.29. The molecule has 2 saturated heterocycles. The molecule has 7 nitrogen and oxygen atoms in total. The number of aliphatic hydroxyl groups is 1. The van der Waals surface area contributed by atoms with Crippen LogP contribution >= 0.6 is 0 Å². The molecule has 2 fully saturated rings. The van der Waals surface area contributed by atoms with Crippen LogP contribution in [0.3, 0.4) is 0 Å². The molecule has 0 aromatic heterocycles. The molecule has 0 bridgehead atoms. The SMILES string of the molecule is CN(C)c1ccc([C@@H]2C(=C(O)c3ccccc3)C(=O)C(=O)N2CCCN2CCOCC2)cc1. The van der Waals surface area contributed by atoms with E-state index in [9.17, 15) is 14.7 Å². The highest BCUT2D eigenvalue weighted by molar-refractivity contribution is 6.46. The maximum atomic E-state index is 13.1. The van der Waals surface area contributed by atoms with E-state index < -0.39 is 17.7 Å².